The number of benzene rings is 1. The zero-order chi connectivity index (χ0) is 13.8. The van der Waals surface area contributed by atoms with Crippen LogP contribution in [0.25, 0.3) is 10.6 Å². The predicted octanol–water partition coefficient (Wildman–Crippen LogP) is 4.02. The van der Waals surface area contributed by atoms with Crippen molar-refractivity contribution in [3.05, 3.63) is 40.7 Å². The number of thiazole rings is 1. The minimum Gasteiger partial charge on any atom is -0.462 e. The maximum atomic E-state index is 13.7. The molecule has 1 heterocycles. The Hall–Kier alpha value is -1.27. The zero-order valence-electron chi connectivity index (χ0n) is 10.2. The number of nitrogens with zero attached hydrogens (tertiary/aromatic N) is 1. The van der Waals surface area contributed by atoms with Crippen molar-refractivity contribution in [2.24, 2.45) is 0 Å². The molecule has 19 heavy (non-hydrogen) atoms. The minimum absolute atomic E-state index is 0.299. The first kappa shape index (κ1) is 14.1. The summed E-state index contributed by atoms with van der Waals surface area (Å²) in [6.45, 7) is 2.04. The molecular weight excluding hydrogens is 333 g/mol. The second-order valence-corrected chi connectivity index (χ2v) is 5.19. The average molecular weight is 344 g/mol. The van der Waals surface area contributed by atoms with E-state index in [1.54, 1.807) is 25.1 Å². The van der Waals surface area contributed by atoms with Gasteiger partial charge in [0, 0.05) is 10.9 Å². The van der Waals surface area contributed by atoms with Crippen LogP contribution in [0.2, 0.25) is 0 Å². The van der Waals surface area contributed by atoms with Crippen LogP contribution in [0.1, 0.15) is 22.3 Å². The molecule has 0 N–H and O–H groups in total. The summed E-state index contributed by atoms with van der Waals surface area (Å²) in [5, 5.41) is 0.905. The first-order valence-corrected chi connectivity index (χ1v) is 7.58. The van der Waals surface area contributed by atoms with Crippen molar-refractivity contribution in [1.82, 2.24) is 4.98 Å². The van der Waals surface area contributed by atoms with Crippen LogP contribution in [0.3, 0.4) is 0 Å². The largest absolute Gasteiger partial charge is 0.462 e. The smallest absolute Gasteiger partial charge is 0.350 e. The van der Waals surface area contributed by atoms with Crippen LogP contribution in [0.4, 0.5) is 4.39 Å². The number of rotatable bonds is 4. The van der Waals surface area contributed by atoms with Crippen molar-refractivity contribution in [3.63, 3.8) is 0 Å². The maximum absolute atomic E-state index is 13.7. The first-order chi connectivity index (χ1) is 9.17. The summed E-state index contributed by atoms with van der Waals surface area (Å²) in [6, 6.07) is 6.36. The lowest BCUT2D eigenvalue weighted by molar-refractivity contribution is 0.0531. The molecule has 1 aromatic heterocycles. The van der Waals surface area contributed by atoms with Crippen molar-refractivity contribution in [2.45, 2.75) is 12.3 Å². The van der Waals surface area contributed by atoms with Gasteiger partial charge in [-0.3, -0.25) is 0 Å². The molecule has 0 radical (unpaired) electrons. The van der Waals surface area contributed by atoms with Crippen molar-refractivity contribution < 1.29 is 13.9 Å². The van der Waals surface area contributed by atoms with Gasteiger partial charge >= 0.3 is 5.97 Å². The third-order valence-corrected chi connectivity index (χ3v) is 4.03. The molecule has 0 atom stereocenters. The predicted molar refractivity (Wildman–Crippen MR) is 76.1 cm³/mol. The summed E-state index contributed by atoms with van der Waals surface area (Å²) < 4.78 is 18.7. The Bertz CT molecular complexity index is 600. The summed E-state index contributed by atoms with van der Waals surface area (Å²) in [5.41, 5.74) is 0.965. The van der Waals surface area contributed by atoms with Gasteiger partial charge in [-0.15, -0.1) is 11.3 Å². The number of alkyl halides is 1. The second kappa shape index (κ2) is 6.25. The van der Waals surface area contributed by atoms with Crippen LogP contribution in [0.5, 0.6) is 0 Å². The van der Waals surface area contributed by atoms with Gasteiger partial charge in [0.05, 0.1) is 12.3 Å². The molecule has 0 unspecified atom stereocenters. The van der Waals surface area contributed by atoms with E-state index in [9.17, 15) is 9.18 Å². The Morgan fingerprint density at radius 1 is 1.47 bits per heavy atom. The molecule has 0 bridgehead atoms. The highest BCUT2D eigenvalue weighted by atomic mass is 79.9. The Balaban J connectivity index is 2.44. The molecule has 0 amide bonds. The number of esters is 1. The molecule has 100 valence electrons. The van der Waals surface area contributed by atoms with E-state index in [0.29, 0.717) is 33.1 Å². The third-order valence-electron chi connectivity index (χ3n) is 2.39. The van der Waals surface area contributed by atoms with Gasteiger partial charge in [-0.1, -0.05) is 28.1 Å². The molecule has 0 fully saturated rings. The Morgan fingerprint density at radius 2 is 2.21 bits per heavy atom. The lowest BCUT2D eigenvalue weighted by Gasteiger charge is -1.98. The molecule has 2 rings (SSSR count). The highest BCUT2D eigenvalue weighted by Crippen LogP contribution is 2.31. The van der Waals surface area contributed by atoms with Crippen LogP contribution >= 0.6 is 27.3 Å². The molecule has 0 aliphatic carbocycles. The third kappa shape index (κ3) is 3.01. The fourth-order valence-corrected chi connectivity index (χ4v) is 3.14. The summed E-state index contributed by atoms with van der Waals surface area (Å²) in [5.74, 6) is -0.773. The van der Waals surface area contributed by atoms with Crippen LogP contribution in [-0.4, -0.2) is 17.6 Å². The Morgan fingerprint density at radius 3 is 2.84 bits per heavy atom. The fraction of sp³-hybridized carbons (Fsp3) is 0.231. The van der Waals surface area contributed by atoms with Crippen molar-refractivity contribution in [2.75, 3.05) is 6.61 Å². The summed E-state index contributed by atoms with van der Waals surface area (Å²) in [4.78, 5) is 16.5. The van der Waals surface area contributed by atoms with Crippen LogP contribution < -0.4 is 0 Å². The van der Waals surface area contributed by atoms with Crippen molar-refractivity contribution in [3.8, 4) is 10.6 Å². The maximum Gasteiger partial charge on any atom is 0.350 e. The molecule has 0 spiro atoms. The van der Waals surface area contributed by atoms with Gasteiger partial charge in [0.2, 0.25) is 0 Å². The molecular formula is C13H11BrFNO2S. The summed E-state index contributed by atoms with van der Waals surface area (Å²) in [6.07, 6.45) is 0. The lowest BCUT2D eigenvalue weighted by atomic mass is 10.2. The number of ether oxygens (including phenoxy) is 1. The molecule has 6 heteroatoms. The van der Waals surface area contributed by atoms with E-state index in [1.165, 1.54) is 6.07 Å². The second-order valence-electron chi connectivity index (χ2n) is 3.63. The summed E-state index contributed by atoms with van der Waals surface area (Å²) >= 11 is 4.42. The number of halogens is 2. The number of carbonyl (C=O) groups is 1. The normalized spacial score (nSPS) is 10.5. The molecule has 0 aliphatic heterocycles. The van der Waals surface area contributed by atoms with Crippen molar-refractivity contribution in [1.29, 1.82) is 0 Å². The van der Waals surface area contributed by atoms with Gasteiger partial charge in [-0.25, -0.2) is 14.2 Å². The van der Waals surface area contributed by atoms with E-state index in [2.05, 4.69) is 20.9 Å². The molecule has 3 nitrogen and oxygen atoms in total. The van der Waals surface area contributed by atoms with Crippen LogP contribution in [0.15, 0.2) is 24.3 Å². The number of hydrogen-bond donors (Lipinski definition) is 0. The average Bonchev–Trinajstić information content (AvgIpc) is 2.83. The Kier molecular flexibility index (Phi) is 4.66. The van der Waals surface area contributed by atoms with E-state index in [1.807, 2.05) is 0 Å². The number of carbonyl (C=O) groups excluding carboxylic acids is 1. The molecule has 1 aromatic carbocycles. The quantitative estimate of drug-likeness (QED) is 0.621. The molecule has 0 saturated heterocycles. The molecule has 2 aromatic rings. The van der Waals surface area contributed by atoms with Gasteiger partial charge in [0.1, 0.15) is 15.7 Å². The minimum atomic E-state index is -0.419. The lowest BCUT2D eigenvalue weighted by Crippen LogP contribution is -2.04. The van der Waals surface area contributed by atoms with Crippen LogP contribution in [0, 0.1) is 5.82 Å². The van der Waals surface area contributed by atoms with E-state index < -0.39 is 5.97 Å². The van der Waals surface area contributed by atoms with Gasteiger partial charge < -0.3 is 4.74 Å². The van der Waals surface area contributed by atoms with Gasteiger partial charge in [-0.05, 0) is 19.1 Å². The zero-order valence-corrected chi connectivity index (χ0v) is 12.6. The first-order valence-electron chi connectivity index (χ1n) is 5.65. The topological polar surface area (TPSA) is 39.2 Å². The molecule has 0 saturated carbocycles. The number of hydrogen-bond acceptors (Lipinski definition) is 4. The molecule has 0 aliphatic rings. The van der Waals surface area contributed by atoms with Crippen molar-refractivity contribution >= 4 is 33.2 Å². The van der Waals surface area contributed by atoms with Crippen LogP contribution in [-0.2, 0) is 10.1 Å². The fourth-order valence-electron chi connectivity index (χ4n) is 1.55. The number of aromatic nitrogens is 1. The van der Waals surface area contributed by atoms with Gasteiger partial charge in [0.15, 0.2) is 0 Å². The van der Waals surface area contributed by atoms with Gasteiger partial charge in [-0.2, -0.15) is 0 Å². The highest BCUT2D eigenvalue weighted by Gasteiger charge is 2.20. The van der Waals surface area contributed by atoms with E-state index in [-0.39, 0.29) is 5.82 Å². The van der Waals surface area contributed by atoms with E-state index in [0.717, 1.165) is 11.3 Å². The van der Waals surface area contributed by atoms with E-state index >= 15 is 0 Å². The Labute approximate surface area is 122 Å². The SMILES string of the molecule is CCOC(=O)c1sc(-c2ccccc2F)nc1CBr. The van der Waals surface area contributed by atoms with Gasteiger partial charge in [0.25, 0.3) is 0 Å². The highest BCUT2D eigenvalue weighted by molar-refractivity contribution is 9.08. The standard InChI is InChI=1S/C13H11BrFNO2S/c1-2-18-13(17)11-10(7-14)16-12(19-11)8-5-3-4-6-9(8)15/h3-6H,2,7H2,1H3. The summed E-state index contributed by atoms with van der Waals surface area (Å²) in [7, 11) is 0. The van der Waals surface area contributed by atoms with E-state index in [4.69, 9.17) is 4.74 Å². The monoisotopic (exact) mass is 343 g/mol.